The van der Waals surface area contributed by atoms with Gasteiger partial charge in [0.1, 0.15) is 23.8 Å². The monoisotopic (exact) mass is 430 g/mol. The maximum atomic E-state index is 14.1. The van der Waals surface area contributed by atoms with Gasteiger partial charge in [-0.15, -0.1) is 0 Å². The van der Waals surface area contributed by atoms with E-state index < -0.39 is 11.2 Å². The van der Waals surface area contributed by atoms with Crippen molar-refractivity contribution < 1.29 is 24.1 Å². The Hall–Kier alpha value is -2.19. The molecule has 0 saturated carbocycles. The number of piperidine rings is 1. The fourth-order valence-electron chi connectivity index (χ4n) is 4.40. The van der Waals surface area contributed by atoms with Gasteiger partial charge >= 0.3 is 0 Å². The van der Waals surface area contributed by atoms with Crippen LogP contribution < -0.4 is 9.64 Å². The molecule has 2 aromatic rings. The normalized spacial score (nSPS) is 24.5. The number of β-amino-alcohol motifs (C(OH)–C–C–N with tert-alkyl or cyclic N) is 2. The Morgan fingerprint density at radius 1 is 0.935 bits per heavy atom. The van der Waals surface area contributed by atoms with Crippen LogP contribution in [0.3, 0.4) is 0 Å². The summed E-state index contributed by atoms with van der Waals surface area (Å²) < 4.78 is 25.5. The highest BCUT2D eigenvalue weighted by molar-refractivity contribution is 5.48. The molecule has 2 aliphatic rings. The Morgan fingerprint density at radius 3 is 2.39 bits per heavy atom. The third-order valence-corrected chi connectivity index (χ3v) is 6.10. The Morgan fingerprint density at radius 2 is 1.65 bits per heavy atom. The van der Waals surface area contributed by atoms with Crippen LogP contribution in [0.15, 0.2) is 54.6 Å². The molecule has 2 fully saturated rings. The summed E-state index contributed by atoms with van der Waals surface area (Å²) in [6.45, 7) is 3.40. The van der Waals surface area contributed by atoms with Gasteiger partial charge in [0.2, 0.25) is 0 Å². The van der Waals surface area contributed by atoms with Gasteiger partial charge in [0.25, 0.3) is 0 Å². The van der Waals surface area contributed by atoms with Crippen molar-refractivity contribution >= 4 is 5.69 Å². The van der Waals surface area contributed by atoms with Crippen molar-refractivity contribution in [3.63, 3.8) is 0 Å². The Kier molecular flexibility index (Phi) is 6.77. The molecule has 7 heteroatoms. The first-order chi connectivity index (χ1) is 14.9. The van der Waals surface area contributed by atoms with E-state index in [4.69, 9.17) is 9.47 Å². The van der Waals surface area contributed by atoms with Crippen LogP contribution in [0.2, 0.25) is 0 Å². The standard InChI is InChI=1S/C24H31FN2O4/c25-21-8-4-5-9-22(21)27-12-10-23(28,11-13-27)16-26-14-15-30-18-24(29,17-26)19-31-20-6-2-1-3-7-20/h1-9,28-29H,10-19H2. The first kappa shape index (κ1) is 22.0. The largest absolute Gasteiger partial charge is 0.490 e. The number of rotatable bonds is 6. The molecule has 31 heavy (non-hydrogen) atoms. The van der Waals surface area contributed by atoms with Gasteiger partial charge in [-0.3, -0.25) is 4.90 Å². The fourth-order valence-corrected chi connectivity index (χ4v) is 4.40. The van der Waals surface area contributed by atoms with E-state index in [1.165, 1.54) is 6.07 Å². The van der Waals surface area contributed by atoms with Crippen molar-refractivity contribution in [1.29, 1.82) is 0 Å². The summed E-state index contributed by atoms with van der Waals surface area (Å²) in [6.07, 6.45) is 1.08. The highest BCUT2D eigenvalue weighted by Crippen LogP contribution is 2.29. The third kappa shape index (κ3) is 5.74. The van der Waals surface area contributed by atoms with Crippen molar-refractivity contribution in [3.05, 3.63) is 60.4 Å². The molecule has 2 heterocycles. The van der Waals surface area contributed by atoms with Crippen LogP contribution >= 0.6 is 0 Å². The van der Waals surface area contributed by atoms with Gasteiger partial charge in [-0.1, -0.05) is 30.3 Å². The summed E-state index contributed by atoms with van der Waals surface area (Å²) in [5.41, 5.74) is -1.45. The van der Waals surface area contributed by atoms with Gasteiger partial charge in [0.05, 0.1) is 24.5 Å². The first-order valence-corrected chi connectivity index (χ1v) is 10.9. The molecule has 2 aromatic carbocycles. The van der Waals surface area contributed by atoms with Gasteiger partial charge in [0.15, 0.2) is 0 Å². The lowest BCUT2D eigenvalue weighted by Crippen LogP contribution is -2.55. The number of hydrogen-bond donors (Lipinski definition) is 2. The highest BCUT2D eigenvalue weighted by Gasteiger charge is 2.39. The number of ether oxygens (including phenoxy) is 2. The minimum atomic E-state index is -1.16. The Bertz CT molecular complexity index is 844. The van der Waals surface area contributed by atoms with E-state index in [1.807, 2.05) is 41.3 Å². The molecule has 168 valence electrons. The lowest BCUT2D eigenvalue weighted by atomic mass is 9.90. The minimum absolute atomic E-state index is 0.118. The van der Waals surface area contributed by atoms with Gasteiger partial charge < -0.3 is 24.6 Å². The maximum Gasteiger partial charge on any atom is 0.146 e. The summed E-state index contributed by atoms with van der Waals surface area (Å²) in [5.74, 6) is 0.465. The van der Waals surface area contributed by atoms with Crippen LogP contribution in [0.1, 0.15) is 12.8 Å². The van der Waals surface area contributed by atoms with E-state index in [9.17, 15) is 14.6 Å². The van der Waals surface area contributed by atoms with Gasteiger partial charge in [-0.05, 0) is 37.1 Å². The molecule has 0 bridgehead atoms. The van der Waals surface area contributed by atoms with E-state index in [0.29, 0.717) is 63.6 Å². The molecule has 1 atom stereocenters. The number of aliphatic hydroxyl groups is 2. The van der Waals surface area contributed by atoms with Gasteiger partial charge in [0, 0.05) is 32.7 Å². The molecule has 0 spiro atoms. The summed E-state index contributed by atoms with van der Waals surface area (Å²) in [7, 11) is 0. The first-order valence-electron chi connectivity index (χ1n) is 10.9. The van der Waals surface area contributed by atoms with Crippen LogP contribution in [-0.4, -0.2) is 78.9 Å². The van der Waals surface area contributed by atoms with Crippen LogP contribution in [0.5, 0.6) is 5.75 Å². The lowest BCUT2D eigenvalue weighted by Gasteiger charge is -2.42. The third-order valence-electron chi connectivity index (χ3n) is 6.10. The number of anilines is 1. The molecule has 0 aliphatic carbocycles. The average molecular weight is 431 g/mol. The molecule has 1 unspecified atom stereocenters. The zero-order valence-corrected chi connectivity index (χ0v) is 17.8. The van der Waals surface area contributed by atoms with E-state index in [1.54, 1.807) is 12.1 Å². The molecule has 0 aromatic heterocycles. The van der Waals surface area contributed by atoms with E-state index in [2.05, 4.69) is 4.90 Å². The average Bonchev–Trinajstić information content (AvgIpc) is 2.95. The molecule has 0 radical (unpaired) electrons. The Labute approximate surface area is 182 Å². The second-order valence-corrected chi connectivity index (χ2v) is 8.75. The topological polar surface area (TPSA) is 65.4 Å². The zero-order chi connectivity index (χ0) is 21.7. The Balaban J connectivity index is 1.34. The molecular weight excluding hydrogens is 399 g/mol. The van der Waals surface area contributed by atoms with Crippen molar-refractivity contribution in [3.8, 4) is 5.75 Å². The van der Waals surface area contributed by atoms with Crippen LogP contribution in [0.4, 0.5) is 10.1 Å². The number of hydrogen-bond acceptors (Lipinski definition) is 6. The number of nitrogens with zero attached hydrogens (tertiary/aromatic N) is 2. The second kappa shape index (κ2) is 9.53. The molecule has 0 amide bonds. The van der Waals surface area contributed by atoms with Gasteiger partial charge in [-0.25, -0.2) is 4.39 Å². The fraction of sp³-hybridized carbons (Fsp3) is 0.500. The van der Waals surface area contributed by atoms with Crippen molar-refractivity contribution in [2.75, 3.05) is 57.4 Å². The van der Waals surface area contributed by atoms with Crippen LogP contribution in [0.25, 0.3) is 0 Å². The predicted octanol–water partition coefficient (Wildman–Crippen LogP) is 2.30. The van der Waals surface area contributed by atoms with E-state index in [0.717, 1.165) is 0 Å². The maximum absolute atomic E-state index is 14.1. The van der Waals surface area contributed by atoms with E-state index in [-0.39, 0.29) is 19.0 Å². The molecule has 2 N–H and O–H groups in total. The summed E-state index contributed by atoms with van der Waals surface area (Å²) >= 11 is 0. The summed E-state index contributed by atoms with van der Waals surface area (Å²) in [6, 6.07) is 16.1. The SMILES string of the molecule is OC1(CN2CCOCC(O)(COc3ccccc3)C2)CCN(c2ccccc2F)CC1. The van der Waals surface area contributed by atoms with E-state index >= 15 is 0 Å². The van der Waals surface area contributed by atoms with Crippen LogP contribution in [0, 0.1) is 5.82 Å². The molecule has 4 rings (SSSR count). The second-order valence-electron chi connectivity index (χ2n) is 8.75. The number of halogens is 1. The predicted molar refractivity (Wildman–Crippen MR) is 117 cm³/mol. The summed E-state index contributed by atoms with van der Waals surface area (Å²) in [5, 5.41) is 22.3. The molecule has 2 saturated heterocycles. The number of benzene rings is 2. The van der Waals surface area contributed by atoms with Crippen molar-refractivity contribution in [2.45, 2.75) is 24.0 Å². The quantitative estimate of drug-likeness (QED) is 0.733. The van der Waals surface area contributed by atoms with Crippen molar-refractivity contribution in [1.82, 2.24) is 4.90 Å². The van der Waals surface area contributed by atoms with Crippen molar-refractivity contribution in [2.24, 2.45) is 0 Å². The van der Waals surface area contributed by atoms with Gasteiger partial charge in [-0.2, -0.15) is 0 Å². The highest BCUT2D eigenvalue weighted by atomic mass is 19.1. The number of para-hydroxylation sites is 2. The smallest absolute Gasteiger partial charge is 0.146 e. The molecule has 2 aliphatic heterocycles. The minimum Gasteiger partial charge on any atom is -0.490 e. The van der Waals surface area contributed by atoms with Crippen LogP contribution in [-0.2, 0) is 4.74 Å². The lowest BCUT2D eigenvalue weighted by molar-refractivity contribution is -0.0742. The molecule has 6 nitrogen and oxygen atoms in total. The molecular formula is C24H31FN2O4. The summed E-state index contributed by atoms with van der Waals surface area (Å²) in [4.78, 5) is 4.04. The zero-order valence-electron chi connectivity index (χ0n) is 17.8.